The third-order valence-corrected chi connectivity index (χ3v) is 1.68. The molecular formula is C7H7F7O3. The largest absolute Gasteiger partial charge is 0.505 e. The summed E-state index contributed by atoms with van der Waals surface area (Å²) >= 11 is 0. The second-order valence-corrected chi connectivity index (χ2v) is 2.99. The van der Waals surface area contributed by atoms with Gasteiger partial charge in [-0.1, -0.05) is 0 Å². The molecular weight excluding hydrogens is 265 g/mol. The normalized spacial score (nSPS) is 13.6. The summed E-state index contributed by atoms with van der Waals surface area (Å²) in [6, 6.07) is 0. The van der Waals surface area contributed by atoms with Gasteiger partial charge in [-0.05, 0) is 6.42 Å². The van der Waals surface area contributed by atoms with Crippen LogP contribution in [-0.2, 0) is 4.74 Å². The molecule has 0 amide bonds. The van der Waals surface area contributed by atoms with Gasteiger partial charge in [0.2, 0.25) is 0 Å². The molecule has 0 aliphatic carbocycles. The summed E-state index contributed by atoms with van der Waals surface area (Å²) in [4.78, 5) is 9.74. The van der Waals surface area contributed by atoms with Crippen molar-refractivity contribution >= 4 is 6.16 Å². The van der Waals surface area contributed by atoms with Crippen molar-refractivity contribution in [2.75, 3.05) is 6.61 Å². The molecule has 0 radical (unpaired) electrons. The van der Waals surface area contributed by atoms with Crippen LogP contribution >= 0.6 is 0 Å². The van der Waals surface area contributed by atoms with Crippen molar-refractivity contribution in [1.82, 2.24) is 0 Å². The summed E-state index contributed by atoms with van der Waals surface area (Å²) in [6.07, 6.45) is -11.0. The molecule has 0 unspecified atom stereocenters. The molecule has 0 aromatic carbocycles. The van der Waals surface area contributed by atoms with Gasteiger partial charge in [0.05, 0.1) is 6.61 Å². The van der Waals surface area contributed by atoms with Crippen molar-refractivity contribution in [3.63, 3.8) is 0 Å². The summed E-state index contributed by atoms with van der Waals surface area (Å²) in [5.41, 5.74) is 0. The molecule has 0 bridgehead atoms. The fraction of sp³-hybridized carbons (Fsp3) is 0.857. The van der Waals surface area contributed by atoms with Gasteiger partial charge >= 0.3 is 24.2 Å². The van der Waals surface area contributed by atoms with Crippen LogP contribution < -0.4 is 0 Å². The first kappa shape index (κ1) is 15.8. The fourth-order valence-corrected chi connectivity index (χ4v) is 0.818. The number of hydrogen-bond acceptors (Lipinski definition) is 2. The fourth-order valence-electron chi connectivity index (χ4n) is 0.818. The minimum absolute atomic E-state index is 0.890. The Morgan fingerprint density at radius 3 is 1.88 bits per heavy atom. The molecule has 0 aromatic rings. The van der Waals surface area contributed by atoms with E-state index in [-0.39, 0.29) is 0 Å². The topological polar surface area (TPSA) is 46.5 Å². The van der Waals surface area contributed by atoms with E-state index < -0.39 is 43.6 Å². The molecule has 0 fully saturated rings. The predicted octanol–water partition coefficient (Wildman–Crippen LogP) is 3.29. The zero-order chi connectivity index (χ0) is 13.9. The van der Waals surface area contributed by atoms with E-state index in [0.717, 1.165) is 0 Å². The van der Waals surface area contributed by atoms with Gasteiger partial charge in [0.25, 0.3) is 0 Å². The molecule has 0 aliphatic heterocycles. The molecule has 17 heavy (non-hydrogen) atoms. The average Bonchev–Trinajstić information content (AvgIpc) is 2.10. The van der Waals surface area contributed by atoms with Gasteiger partial charge in [-0.2, -0.15) is 30.7 Å². The maximum atomic E-state index is 12.5. The number of alkyl halides is 7. The van der Waals surface area contributed by atoms with Crippen LogP contribution in [0.25, 0.3) is 0 Å². The Morgan fingerprint density at radius 2 is 1.53 bits per heavy atom. The Bertz CT molecular complexity index is 273. The highest BCUT2D eigenvalue weighted by Crippen LogP contribution is 2.48. The van der Waals surface area contributed by atoms with Crippen molar-refractivity contribution in [2.45, 2.75) is 30.9 Å². The third kappa shape index (κ3) is 3.93. The Morgan fingerprint density at radius 1 is 1.06 bits per heavy atom. The third-order valence-electron chi connectivity index (χ3n) is 1.68. The predicted molar refractivity (Wildman–Crippen MR) is 39.2 cm³/mol. The van der Waals surface area contributed by atoms with E-state index in [1.807, 2.05) is 0 Å². The molecule has 0 aromatic heterocycles. The van der Waals surface area contributed by atoms with E-state index in [2.05, 4.69) is 4.74 Å². The first-order chi connectivity index (χ1) is 7.42. The quantitative estimate of drug-likeness (QED) is 0.474. The maximum absolute atomic E-state index is 12.5. The molecule has 10 heteroatoms. The lowest BCUT2D eigenvalue weighted by atomic mass is 10.1. The summed E-state index contributed by atoms with van der Waals surface area (Å²) in [7, 11) is 0. The first-order valence-electron chi connectivity index (χ1n) is 4.10. The van der Waals surface area contributed by atoms with Gasteiger partial charge in [0.15, 0.2) is 0 Å². The van der Waals surface area contributed by atoms with E-state index >= 15 is 0 Å². The minimum Gasteiger partial charge on any atom is -0.450 e. The van der Waals surface area contributed by atoms with Gasteiger partial charge in [-0.25, -0.2) is 4.79 Å². The summed E-state index contributed by atoms with van der Waals surface area (Å²) in [6.45, 7) is -0.890. The monoisotopic (exact) mass is 272 g/mol. The average molecular weight is 272 g/mol. The number of hydrogen-bond donors (Lipinski definition) is 1. The van der Waals surface area contributed by atoms with E-state index in [1.54, 1.807) is 0 Å². The van der Waals surface area contributed by atoms with Crippen LogP contribution in [0.15, 0.2) is 0 Å². The van der Waals surface area contributed by atoms with Crippen LogP contribution in [0.5, 0.6) is 0 Å². The lowest BCUT2D eigenvalue weighted by Crippen LogP contribution is -2.51. The Labute approximate surface area is 90.2 Å². The molecule has 3 nitrogen and oxygen atoms in total. The Hall–Kier alpha value is -1.22. The van der Waals surface area contributed by atoms with Crippen LogP contribution in [0.4, 0.5) is 35.5 Å². The lowest BCUT2D eigenvalue weighted by Gasteiger charge is -2.27. The standard InChI is InChI=1S/C7H7F7O3/c8-5(9,2-1-3-17-4(15)16)6(10,11)7(12,13)14/h1-3H2,(H,15,16). The van der Waals surface area contributed by atoms with Crippen molar-refractivity contribution < 1.29 is 45.4 Å². The van der Waals surface area contributed by atoms with E-state index in [4.69, 9.17) is 5.11 Å². The molecule has 0 saturated carbocycles. The zero-order valence-corrected chi connectivity index (χ0v) is 8.03. The molecule has 0 aliphatic rings. The molecule has 102 valence electrons. The van der Waals surface area contributed by atoms with Crippen LogP contribution in [0.2, 0.25) is 0 Å². The SMILES string of the molecule is O=C(O)OCCCC(F)(F)C(F)(F)C(F)(F)F. The summed E-state index contributed by atoms with van der Waals surface area (Å²) in [5.74, 6) is -11.5. The van der Waals surface area contributed by atoms with Crippen LogP contribution in [0, 0.1) is 0 Å². The number of carbonyl (C=O) groups is 1. The van der Waals surface area contributed by atoms with Crippen LogP contribution in [0.3, 0.4) is 0 Å². The molecule has 0 spiro atoms. The summed E-state index contributed by atoms with van der Waals surface area (Å²) in [5, 5.41) is 7.89. The van der Waals surface area contributed by atoms with Gasteiger partial charge < -0.3 is 9.84 Å². The highest BCUT2D eigenvalue weighted by Gasteiger charge is 2.72. The van der Waals surface area contributed by atoms with Gasteiger partial charge in [0.1, 0.15) is 0 Å². The summed E-state index contributed by atoms with van der Waals surface area (Å²) < 4.78 is 88.1. The molecule has 0 rings (SSSR count). The lowest BCUT2D eigenvalue weighted by molar-refractivity contribution is -0.355. The van der Waals surface area contributed by atoms with Crippen molar-refractivity contribution in [1.29, 1.82) is 0 Å². The molecule has 0 saturated heterocycles. The number of halogens is 7. The van der Waals surface area contributed by atoms with Crippen molar-refractivity contribution in [3.05, 3.63) is 0 Å². The van der Waals surface area contributed by atoms with E-state index in [1.165, 1.54) is 0 Å². The van der Waals surface area contributed by atoms with Gasteiger partial charge in [-0.15, -0.1) is 0 Å². The van der Waals surface area contributed by atoms with E-state index in [9.17, 15) is 35.5 Å². The first-order valence-corrected chi connectivity index (χ1v) is 4.10. The smallest absolute Gasteiger partial charge is 0.450 e. The highest BCUT2D eigenvalue weighted by molar-refractivity contribution is 5.56. The van der Waals surface area contributed by atoms with Crippen LogP contribution in [0.1, 0.15) is 12.8 Å². The minimum atomic E-state index is -6.37. The zero-order valence-electron chi connectivity index (χ0n) is 8.03. The Balaban J connectivity index is 4.42. The van der Waals surface area contributed by atoms with Gasteiger partial charge in [-0.3, -0.25) is 0 Å². The van der Waals surface area contributed by atoms with Crippen LogP contribution in [-0.4, -0.2) is 35.9 Å². The maximum Gasteiger partial charge on any atom is 0.505 e. The van der Waals surface area contributed by atoms with Gasteiger partial charge in [0, 0.05) is 6.42 Å². The van der Waals surface area contributed by atoms with Crippen molar-refractivity contribution in [2.24, 2.45) is 0 Å². The Kier molecular flexibility index (Phi) is 4.61. The molecule has 0 heterocycles. The molecule has 1 N–H and O–H groups in total. The van der Waals surface area contributed by atoms with Crippen molar-refractivity contribution in [3.8, 4) is 0 Å². The number of carboxylic acid groups (broad SMARTS) is 1. The number of ether oxygens (including phenoxy) is 1. The molecule has 0 atom stereocenters. The second kappa shape index (κ2) is 4.96. The highest BCUT2D eigenvalue weighted by atomic mass is 19.4. The number of rotatable bonds is 5. The second-order valence-electron chi connectivity index (χ2n) is 2.99. The van der Waals surface area contributed by atoms with E-state index in [0.29, 0.717) is 0 Å².